The fraction of sp³-hybridized carbons (Fsp3) is 0.533. The van der Waals surface area contributed by atoms with Gasteiger partial charge in [0.1, 0.15) is 5.82 Å². The Morgan fingerprint density at radius 2 is 2.11 bits per heavy atom. The first-order valence-electron chi connectivity index (χ1n) is 6.85. The van der Waals surface area contributed by atoms with Gasteiger partial charge in [0, 0.05) is 31.2 Å². The molecule has 1 aromatic carbocycles. The van der Waals surface area contributed by atoms with Gasteiger partial charge in [-0.05, 0) is 36.6 Å². The van der Waals surface area contributed by atoms with Crippen LogP contribution in [-0.4, -0.2) is 36.5 Å². The molecule has 3 nitrogen and oxygen atoms in total. The second kappa shape index (κ2) is 6.15. The Balaban J connectivity index is 2.12. The SMILES string of the molecule is CC(C)CC1CNCCN1C(=O)c1ccc(F)cc1. The molecule has 1 amide bonds. The van der Waals surface area contributed by atoms with Crippen molar-refractivity contribution in [1.82, 2.24) is 10.2 Å². The van der Waals surface area contributed by atoms with Gasteiger partial charge < -0.3 is 10.2 Å². The van der Waals surface area contributed by atoms with Crippen molar-refractivity contribution in [2.24, 2.45) is 5.92 Å². The van der Waals surface area contributed by atoms with E-state index in [2.05, 4.69) is 19.2 Å². The van der Waals surface area contributed by atoms with E-state index in [1.165, 1.54) is 12.1 Å². The highest BCUT2D eigenvalue weighted by molar-refractivity contribution is 5.94. The lowest BCUT2D eigenvalue weighted by Gasteiger charge is -2.37. The smallest absolute Gasteiger partial charge is 0.254 e. The van der Waals surface area contributed by atoms with E-state index in [0.717, 1.165) is 19.5 Å². The summed E-state index contributed by atoms with van der Waals surface area (Å²) in [7, 11) is 0. The Labute approximate surface area is 113 Å². The number of halogens is 1. The van der Waals surface area contributed by atoms with E-state index in [1.807, 2.05) is 4.90 Å². The maximum absolute atomic E-state index is 12.9. The van der Waals surface area contributed by atoms with E-state index >= 15 is 0 Å². The molecule has 4 heteroatoms. The van der Waals surface area contributed by atoms with Crippen molar-refractivity contribution < 1.29 is 9.18 Å². The van der Waals surface area contributed by atoms with Gasteiger partial charge in [-0.15, -0.1) is 0 Å². The van der Waals surface area contributed by atoms with Crippen LogP contribution in [0.1, 0.15) is 30.6 Å². The number of carbonyl (C=O) groups excluding carboxylic acids is 1. The zero-order valence-corrected chi connectivity index (χ0v) is 11.5. The molecule has 0 spiro atoms. The fourth-order valence-electron chi connectivity index (χ4n) is 2.54. The van der Waals surface area contributed by atoms with Crippen LogP contribution in [0.4, 0.5) is 4.39 Å². The second-order valence-corrected chi connectivity index (χ2v) is 5.49. The minimum atomic E-state index is -0.310. The Bertz CT molecular complexity index is 430. The Morgan fingerprint density at radius 1 is 1.42 bits per heavy atom. The average Bonchev–Trinajstić information content (AvgIpc) is 2.39. The molecular formula is C15H21FN2O. The van der Waals surface area contributed by atoms with Gasteiger partial charge in [0.25, 0.3) is 5.91 Å². The molecule has 1 aliphatic rings. The molecule has 0 aliphatic carbocycles. The van der Waals surface area contributed by atoms with Gasteiger partial charge in [0.15, 0.2) is 0 Å². The monoisotopic (exact) mass is 264 g/mol. The number of nitrogens with one attached hydrogen (secondary N) is 1. The third kappa shape index (κ3) is 3.53. The number of carbonyl (C=O) groups is 1. The molecule has 0 bridgehead atoms. The molecule has 0 saturated carbocycles. The third-order valence-corrected chi connectivity index (χ3v) is 3.45. The summed E-state index contributed by atoms with van der Waals surface area (Å²) in [4.78, 5) is 14.4. The van der Waals surface area contributed by atoms with E-state index in [1.54, 1.807) is 12.1 Å². The molecule has 0 radical (unpaired) electrons. The molecule has 1 atom stereocenters. The lowest BCUT2D eigenvalue weighted by molar-refractivity contribution is 0.0610. The molecule has 1 fully saturated rings. The number of hydrogen-bond acceptors (Lipinski definition) is 2. The summed E-state index contributed by atoms with van der Waals surface area (Å²) in [6.45, 7) is 6.70. The van der Waals surface area contributed by atoms with Crippen LogP contribution in [0, 0.1) is 11.7 Å². The zero-order valence-electron chi connectivity index (χ0n) is 11.5. The van der Waals surface area contributed by atoms with Crippen molar-refractivity contribution in [3.63, 3.8) is 0 Å². The quantitative estimate of drug-likeness (QED) is 0.908. The lowest BCUT2D eigenvalue weighted by Crippen LogP contribution is -2.54. The van der Waals surface area contributed by atoms with Crippen LogP contribution in [0.2, 0.25) is 0 Å². The molecule has 19 heavy (non-hydrogen) atoms. The standard InChI is InChI=1S/C15H21FN2O/c1-11(2)9-14-10-17-7-8-18(14)15(19)12-3-5-13(16)6-4-12/h3-6,11,14,17H,7-10H2,1-2H3. The van der Waals surface area contributed by atoms with Gasteiger partial charge in [-0.3, -0.25) is 4.79 Å². The molecule has 1 aromatic rings. The first kappa shape index (κ1) is 14.0. The highest BCUT2D eigenvalue weighted by atomic mass is 19.1. The minimum absolute atomic E-state index is 0.00662. The maximum atomic E-state index is 12.9. The fourth-order valence-corrected chi connectivity index (χ4v) is 2.54. The Kier molecular flexibility index (Phi) is 4.53. The lowest BCUT2D eigenvalue weighted by atomic mass is 10.00. The van der Waals surface area contributed by atoms with Gasteiger partial charge in [-0.2, -0.15) is 0 Å². The molecule has 1 unspecified atom stereocenters. The van der Waals surface area contributed by atoms with E-state index in [-0.39, 0.29) is 17.8 Å². The van der Waals surface area contributed by atoms with Gasteiger partial charge in [0.2, 0.25) is 0 Å². The number of amides is 1. The van der Waals surface area contributed by atoms with Gasteiger partial charge in [-0.1, -0.05) is 13.8 Å². The maximum Gasteiger partial charge on any atom is 0.254 e. The van der Waals surface area contributed by atoms with Crippen molar-refractivity contribution in [2.75, 3.05) is 19.6 Å². The van der Waals surface area contributed by atoms with Gasteiger partial charge in [-0.25, -0.2) is 4.39 Å². The summed E-state index contributed by atoms with van der Waals surface area (Å²) < 4.78 is 12.9. The van der Waals surface area contributed by atoms with E-state index in [4.69, 9.17) is 0 Å². The number of nitrogens with zero attached hydrogens (tertiary/aromatic N) is 1. The Morgan fingerprint density at radius 3 is 2.74 bits per heavy atom. The zero-order chi connectivity index (χ0) is 13.8. The first-order chi connectivity index (χ1) is 9.08. The minimum Gasteiger partial charge on any atom is -0.333 e. The predicted molar refractivity (Wildman–Crippen MR) is 73.5 cm³/mol. The van der Waals surface area contributed by atoms with Crippen LogP contribution in [0.5, 0.6) is 0 Å². The molecular weight excluding hydrogens is 243 g/mol. The van der Waals surface area contributed by atoms with Crippen molar-refractivity contribution in [3.05, 3.63) is 35.6 Å². The van der Waals surface area contributed by atoms with Crippen LogP contribution in [0.3, 0.4) is 0 Å². The highest BCUT2D eigenvalue weighted by Crippen LogP contribution is 2.17. The van der Waals surface area contributed by atoms with Crippen molar-refractivity contribution in [1.29, 1.82) is 0 Å². The summed E-state index contributed by atoms with van der Waals surface area (Å²) in [5, 5.41) is 3.33. The third-order valence-electron chi connectivity index (χ3n) is 3.45. The summed E-state index contributed by atoms with van der Waals surface area (Å²) in [6.07, 6.45) is 0.986. The van der Waals surface area contributed by atoms with Crippen molar-refractivity contribution in [2.45, 2.75) is 26.3 Å². The van der Waals surface area contributed by atoms with Crippen molar-refractivity contribution >= 4 is 5.91 Å². The molecule has 2 rings (SSSR count). The number of hydrogen-bond donors (Lipinski definition) is 1. The van der Waals surface area contributed by atoms with Crippen LogP contribution in [-0.2, 0) is 0 Å². The largest absolute Gasteiger partial charge is 0.333 e. The normalized spacial score (nSPS) is 19.8. The van der Waals surface area contributed by atoms with E-state index in [0.29, 0.717) is 18.0 Å². The van der Waals surface area contributed by atoms with Gasteiger partial charge >= 0.3 is 0 Å². The summed E-state index contributed by atoms with van der Waals surface area (Å²) in [5.74, 6) is 0.246. The topological polar surface area (TPSA) is 32.3 Å². The summed E-state index contributed by atoms with van der Waals surface area (Å²) >= 11 is 0. The Hall–Kier alpha value is -1.42. The molecule has 104 valence electrons. The van der Waals surface area contributed by atoms with Gasteiger partial charge in [0.05, 0.1) is 0 Å². The first-order valence-corrected chi connectivity index (χ1v) is 6.85. The second-order valence-electron chi connectivity index (χ2n) is 5.49. The molecule has 1 heterocycles. The predicted octanol–water partition coefficient (Wildman–Crippen LogP) is 2.29. The van der Waals surface area contributed by atoms with Crippen molar-refractivity contribution in [3.8, 4) is 0 Å². The van der Waals surface area contributed by atoms with Crippen LogP contribution < -0.4 is 5.32 Å². The number of benzene rings is 1. The van der Waals surface area contributed by atoms with E-state index in [9.17, 15) is 9.18 Å². The number of piperazine rings is 1. The summed E-state index contributed by atoms with van der Waals surface area (Å²) in [5.41, 5.74) is 0.567. The van der Waals surface area contributed by atoms with Crippen LogP contribution in [0.15, 0.2) is 24.3 Å². The summed E-state index contributed by atoms with van der Waals surface area (Å²) in [6, 6.07) is 6.03. The average molecular weight is 264 g/mol. The molecule has 1 aliphatic heterocycles. The van der Waals surface area contributed by atoms with Crippen LogP contribution >= 0.6 is 0 Å². The van der Waals surface area contributed by atoms with Crippen LogP contribution in [0.25, 0.3) is 0 Å². The molecule has 0 aromatic heterocycles. The molecule has 1 N–H and O–H groups in total. The molecule has 1 saturated heterocycles. The number of rotatable bonds is 3. The highest BCUT2D eigenvalue weighted by Gasteiger charge is 2.27. The van der Waals surface area contributed by atoms with E-state index < -0.39 is 0 Å².